The zero-order valence-electron chi connectivity index (χ0n) is 8.03. The maximum Gasteiger partial charge on any atom is 0.125 e. The monoisotopic (exact) mass is 207 g/mol. The zero-order chi connectivity index (χ0) is 9.97. The zero-order valence-corrected chi connectivity index (χ0v) is 8.84. The van der Waals surface area contributed by atoms with Gasteiger partial charge in [-0.3, -0.25) is 0 Å². The molecule has 0 spiro atoms. The molecule has 2 aromatic heterocycles. The summed E-state index contributed by atoms with van der Waals surface area (Å²) in [6.07, 6.45) is 1.82. The van der Waals surface area contributed by atoms with Gasteiger partial charge in [-0.1, -0.05) is 0 Å². The Morgan fingerprint density at radius 2 is 2.43 bits per heavy atom. The molecule has 2 aromatic rings. The van der Waals surface area contributed by atoms with E-state index in [1.165, 1.54) is 5.39 Å². The van der Waals surface area contributed by atoms with Crippen LogP contribution in [0.5, 0.6) is 0 Å². The molecule has 0 saturated carbocycles. The van der Waals surface area contributed by atoms with Crippen LogP contribution in [0.2, 0.25) is 0 Å². The first-order valence-electron chi connectivity index (χ1n) is 4.59. The number of hydrogen-bond donors (Lipinski definition) is 2. The molecule has 3 N–H and O–H groups in total. The van der Waals surface area contributed by atoms with Crippen LogP contribution in [0, 0.1) is 0 Å². The maximum absolute atomic E-state index is 5.68. The number of rotatable bonds is 3. The number of anilines is 1. The lowest BCUT2D eigenvalue weighted by Gasteiger charge is -2.09. The van der Waals surface area contributed by atoms with Crippen molar-refractivity contribution in [2.24, 2.45) is 5.73 Å². The van der Waals surface area contributed by atoms with Crippen LogP contribution in [0.1, 0.15) is 6.92 Å². The third-order valence-electron chi connectivity index (χ3n) is 1.98. The van der Waals surface area contributed by atoms with E-state index in [1.807, 2.05) is 19.2 Å². The second kappa shape index (κ2) is 3.94. The average Bonchev–Trinajstić information content (AvgIpc) is 2.62. The lowest BCUT2D eigenvalue weighted by molar-refractivity contribution is 0.781. The third kappa shape index (κ3) is 1.86. The molecule has 0 aromatic carbocycles. The molecule has 1 unspecified atom stereocenters. The highest BCUT2D eigenvalue weighted by atomic mass is 32.1. The molecule has 0 saturated heterocycles. The van der Waals surface area contributed by atoms with Crippen LogP contribution in [0.3, 0.4) is 0 Å². The van der Waals surface area contributed by atoms with Crippen molar-refractivity contribution >= 4 is 27.2 Å². The van der Waals surface area contributed by atoms with E-state index in [0.717, 1.165) is 17.1 Å². The molecular weight excluding hydrogens is 194 g/mol. The van der Waals surface area contributed by atoms with Crippen LogP contribution in [0.15, 0.2) is 23.7 Å². The Morgan fingerprint density at radius 1 is 1.57 bits per heavy atom. The van der Waals surface area contributed by atoms with Gasteiger partial charge < -0.3 is 11.1 Å². The van der Waals surface area contributed by atoms with Gasteiger partial charge in [-0.2, -0.15) is 0 Å². The molecule has 2 heterocycles. The van der Waals surface area contributed by atoms with Gasteiger partial charge in [0.25, 0.3) is 0 Å². The Bertz CT molecular complexity index is 422. The van der Waals surface area contributed by atoms with Crippen molar-refractivity contribution in [1.82, 2.24) is 4.98 Å². The summed E-state index contributed by atoms with van der Waals surface area (Å²) in [5.74, 6) is 0. The molecule has 74 valence electrons. The van der Waals surface area contributed by atoms with Crippen molar-refractivity contribution in [2.75, 3.05) is 11.9 Å². The lowest BCUT2D eigenvalue weighted by Crippen LogP contribution is -2.25. The third-order valence-corrected chi connectivity index (χ3v) is 2.80. The Balaban J connectivity index is 2.27. The van der Waals surface area contributed by atoms with E-state index in [0.29, 0.717) is 0 Å². The standard InChI is InChI=1S/C10H13N3S/c1-7(11)6-13-9-2-4-12-10-8(9)3-5-14-10/h2-5,7H,6,11H2,1H3,(H,12,13). The van der Waals surface area contributed by atoms with E-state index in [2.05, 4.69) is 21.7 Å². The fraction of sp³-hybridized carbons (Fsp3) is 0.300. The second-order valence-electron chi connectivity index (χ2n) is 3.36. The van der Waals surface area contributed by atoms with Gasteiger partial charge in [0.2, 0.25) is 0 Å². The lowest BCUT2D eigenvalue weighted by atomic mass is 10.2. The van der Waals surface area contributed by atoms with E-state index >= 15 is 0 Å². The molecule has 0 radical (unpaired) electrons. The molecule has 14 heavy (non-hydrogen) atoms. The number of aromatic nitrogens is 1. The SMILES string of the molecule is CC(N)CNc1ccnc2sccc12. The van der Waals surface area contributed by atoms with Crippen molar-refractivity contribution in [2.45, 2.75) is 13.0 Å². The summed E-state index contributed by atoms with van der Waals surface area (Å²) in [6, 6.07) is 4.23. The van der Waals surface area contributed by atoms with Gasteiger partial charge in [0.15, 0.2) is 0 Å². The topological polar surface area (TPSA) is 50.9 Å². The highest BCUT2D eigenvalue weighted by molar-refractivity contribution is 7.16. The molecule has 0 aliphatic carbocycles. The Hall–Kier alpha value is -1.13. The molecule has 0 amide bonds. The fourth-order valence-corrected chi connectivity index (χ4v) is 2.06. The van der Waals surface area contributed by atoms with Gasteiger partial charge in [0.1, 0.15) is 4.83 Å². The molecule has 2 rings (SSSR count). The largest absolute Gasteiger partial charge is 0.383 e. The maximum atomic E-state index is 5.68. The molecule has 0 bridgehead atoms. The number of nitrogens with two attached hydrogens (primary N) is 1. The van der Waals surface area contributed by atoms with E-state index in [9.17, 15) is 0 Å². The van der Waals surface area contributed by atoms with Crippen molar-refractivity contribution < 1.29 is 0 Å². The Labute approximate surface area is 87.0 Å². The van der Waals surface area contributed by atoms with Crippen molar-refractivity contribution in [3.8, 4) is 0 Å². The van der Waals surface area contributed by atoms with Gasteiger partial charge in [0.05, 0.1) is 0 Å². The Kier molecular flexibility index (Phi) is 2.65. The smallest absolute Gasteiger partial charge is 0.125 e. The highest BCUT2D eigenvalue weighted by Crippen LogP contribution is 2.25. The van der Waals surface area contributed by atoms with Gasteiger partial charge in [-0.05, 0) is 24.4 Å². The fourth-order valence-electron chi connectivity index (χ4n) is 1.30. The molecule has 0 fully saturated rings. The molecule has 3 nitrogen and oxygen atoms in total. The van der Waals surface area contributed by atoms with E-state index in [4.69, 9.17) is 5.73 Å². The first kappa shape index (κ1) is 9.43. The molecule has 4 heteroatoms. The van der Waals surface area contributed by atoms with Crippen LogP contribution in [0.25, 0.3) is 10.2 Å². The summed E-state index contributed by atoms with van der Waals surface area (Å²) in [5.41, 5.74) is 6.80. The predicted molar refractivity (Wildman–Crippen MR) is 61.8 cm³/mol. The summed E-state index contributed by atoms with van der Waals surface area (Å²) in [6.45, 7) is 2.77. The molecule has 1 atom stereocenters. The predicted octanol–water partition coefficient (Wildman–Crippen LogP) is 2.06. The molecular formula is C10H13N3S. The van der Waals surface area contributed by atoms with Gasteiger partial charge in [-0.15, -0.1) is 11.3 Å². The van der Waals surface area contributed by atoms with Crippen LogP contribution in [-0.2, 0) is 0 Å². The summed E-state index contributed by atoms with van der Waals surface area (Å²) >= 11 is 1.65. The number of hydrogen-bond acceptors (Lipinski definition) is 4. The first-order valence-corrected chi connectivity index (χ1v) is 5.47. The van der Waals surface area contributed by atoms with Crippen molar-refractivity contribution in [3.63, 3.8) is 0 Å². The van der Waals surface area contributed by atoms with Crippen LogP contribution in [-0.4, -0.2) is 17.6 Å². The van der Waals surface area contributed by atoms with Gasteiger partial charge >= 0.3 is 0 Å². The summed E-state index contributed by atoms with van der Waals surface area (Å²) in [4.78, 5) is 5.35. The summed E-state index contributed by atoms with van der Waals surface area (Å²) < 4.78 is 0. The normalized spacial score (nSPS) is 13.0. The minimum atomic E-state index is 0.164. The van der Waals surface area contributed by atoms with E-state index < -0.39 is 0 Å². The summed E-state index contributed by atoms with van der Waals surface area (Å²) in [5, 5.41) is 6.54. The average molecular weight is 207 g/mol. The van der Waals surface area contributed by atoms with Crippen molar-refractivity contribution in [1.29, 1.82) is 0 Å². The van der Waals surface area contributed by atoms with Gasteiger partial charge in [0, 0.05) is 29.9 Å². The molecule has 0 aliphatic heterocycles. The van der Waals surface area contributed by atoms with E-state index in [1.54, 1.807) is 11.3 Å². The van der Waals surface area contributed by atoms with Gasteiger partial charge in [-0.25, -0.2) is 4.98 Å². The number of fused-ring (bicyclic) bond motifs is 1. The summed E-state index contributed by atoms with van der Waals surface area (Å²) in [7, 11) is 0. The number of pyridine rings is 1. The number of nitrogens with one attached hydrogen (secondary N) is 1. The van der Waals surface area contributed by atoms with Crippen molar-refractivity contribution in [3.05, 3.63) is 23.7 Å². The first-order chi connectivity index (χ1) is 6.77. The number of nitrogens with zero attached hydrogens (tertiary/aromatic N) is 1. The van der Waals surface area contributed by atoms with Crippen LogP contribution < -0.4 is 11.1 Å². The quantitative estimate of drug-likeness (QED) is 0.810. The number of thiophene rings is 1. The van der Waals surface area contributed by atoms with Crippen LogP contribution in [0.4, 0.5) is 5.69 Å². The minimum absolute atomic E-state index is 0.164. The Morgan fingerprint density at radius 3 is 3.21 bits per heavy atom. The van der Waals surface area contributed by atoms with E-state index in [-0.39, 0.29) is 6.04 Å². The molecule has 0 aliphatic rings. The second-order valence-corrected chi connectivity index (χ2v) is 4.25. The minimum Gasteiger partial charge on any atom is -0.383 e. The van der Waals surface area contributed by atoms with Crippen LogP contribution >= 0.6 is 11.3 Å². The highest BCUT2D eigenvalue weighted by Gasteiger charge is 2.02.